The second kappa shape index (κ2) is 13.9. The molecule has 0 aliphatic carbocycles. The van der Waals surface area contributed by atoms with Crippen molar-refractivity contribution in [1.82, 2.24) is 4.72 Å². The molecular formula is C26H30NO12PS. The molecular weight excluding hydrogens is 581 g/mol. The van der Waals surface area contributed by atoms with E-state index in [-0.39, 0.29) is 24.5 Å². The average Bonchev–Trinajstić information content (AvgIpc) is 2.90. The lowest BCUT2D eigenvalue weighted by Crippen LogP contribution is -2.41. The molecule has 222 valence electrons. The number of fused-ring (bicyclic) bond motifs is 1. The smallest absolute Gasteiger partial charge is 0.469 e. The summed E-state index contributed by atoms with van der Waals surface area (Å²) in [5, 5.41) is 19.6. The third-order valence-corrected chi connectivity index (χ3v) is 7.95. The maximum absolute atomic E-state index is 12.7. The Bertz CT molecular complexity index is 1540. The highest BCUT2D eigenvalue weighted by Crippen LogP contribution is 2.37. The van der Waals surface area contributed by atoms with Crippen LogP contribution in [0.15, 0.2) is 59.5 Å². The fraction of sp³-hybridized carbons (Fsp3) is 0.308. The molecule has 41 heavy (non-hydrogen) atoms. The van der Waals surface area contributed by atoms with Crippen molar-refractivity contribution < 1.29 is 56.6 Å². The molecule has 0 spiro atoms. The summed E-state index contributed by atoms with van der Waals surface area (Å²) in [6.07, 6.45) is -0.329. The largest absolute Gasteiger partial charge is 0.496 e. The molecule has 1 atom stereocenters. The van der Waals surface area contributed by atoms with Crippen molar-refractivity contribution in [1.29, 1.82) is 0 Å². The quantitative estimate of drug-likeness (QED) is 0.117. The van der Waals surface area contributed by atoms with Gasteiger partial charge in [0.2, 0.25) is 10.0 Å². The Morgan fingerprint density at radius 3 is 2.29 bits per heavy atom. The molecule has 3 aromatic rings. The summed E-state index contributed by atoms with van der Waals surface area (Å²) in [6, 6.07) is 13.3. The Labute approximate surface area is 236 Å². The van der Waals surface area contributed by atoms with Crippen LogP contribution in [0.1, 0.15) is 30.4 Å². The fourth-order valence-electron chi connectivity index (χ4n) is 4.05. The number of sulfonamides is 1. The van der Waals surface area contributed by atoms with Crippen molar-refractivity contribution in [2.75, 3.05) is 20.3 Å². The first kappa shape index (κ1) is 32.0. The molecule has 0 bridgehead atoms. The highest BCUT2D eigenvalue weighted by molar-refractivity contribution is 7.89. The van der Waals surface area contributed by atoms with Crippen molar-refractivity contribution in [2.24, 2.45) is 0 Å². The molecule has 3 aromatic carbocycles. The number of hydrogen-bond acceptors (Lipinski definition) is 8. The molecule has 0 radical (unpaired) electrons. The first-order chi connectivity index (χ1) is 19.3. The average molecular weight is 612 g/mol. The number of rotatable bonds is 16. The molecule has 3 rings (SSSR count). The Morgan fingerprint density at radius 1 is 0.976 bits per heavy atom. The van der Waals surface area contributed by atoms with Crippen molar-refractivity contribution >= 4 is 40.6 Å². The third-order valence-electron chi connectivity index (χ3n) is 5.94. The lowest BCUT2D eigenvalue weighted by Gasteiger charge is -2.16. The number of methoxy groups -OCH3 is 1. The van der Waals surface area contributed by atoms with E-state index in [9.17, 15) is 27.7 Å². The minimum absolute atomic E-state index is 0.124. The summed E-state index contributed by atoms with van der Waals surface area (Å²) in [5.74, 6) is -1.61. The predicted octanol–water partition coefficient (Wildman–Crippen LogP) is 2.91. The fourth-order valence-corrected chi connectivity index (χ4v) is 5.64. The summed E-state index contributed by atoms with van der Waals surface area (Å²) in [4.78, 5) is 39.7. The van der Waals surface area contributed by atoms with Crippen LogP contribution in [0.5, 0.6) is 11.5 Å². The van der Waals surface area contributed by atoms with Crippen molar-refractivity contribution in [2.45, 2.75) is 36.6 Å². The summed E-state index contributed by atoms with van der Waals surface area (Å²) in [6.45, 7) is -0.0682. The SMILES string of the molecule is COc1ccc(Cc2ccc(S(=O)(=O)NC(CCC(=O)O)C(=O)O)cc2)c2c(OCCCOP(=O)(O)O)cccc12. The number of phosphoric acid groups is 1. The number of benzene rings is 3. The molecule has 0 aliphatic rings. The van der Waals surface area contributed by atoms with Gasteiger partial charge in [-0.25, -0.2) is 13.0 Å². The van der Waals surface area contributed by atoms with E-state index in [1.54, 1.807) is 30.3 Å². The van der Waals surface area contributed by atoms with E-state index in [0.717, 1.165) is 21.9 Å². The third kappa shape index (κ3) is 9.25. The first-order valence-corrected chi connectivity index (χ1v) is 15.3. The number of nitrogens with one attached hydrogen (secondary N) is 1. The molecule has 0 saturated carbocycles. The minimum atomic E-state index is -4.57. The van der Waals surface area contributed by atoms with Crippen molar-refractivity contribution in [3.8, 4) is 11.5 Å². The highest BCUT2D eigenvalue weighted by atomic mass is 32.2. The van der Waals surface area contributed by atoms with Gasteiger partial charge in [-0.3, -0.25) is 14.1 Å². The minimum Gasteiger partial charge on any atom is -0.496 e. The Morgan fingerprint density at radius 2 is 1.68 bits per heavy atom. The molecule has 1 unspecified atom stereocenters. The van der Waals surface area contributed by atoms with Crippen molar-refractivity contribution in [3.05, 3.63) is 65.7 Å². The van der Waals surface area contributed by atoms with Crippen LogP contribution in [0.4, 0.5) is 0 Å². The standard InChI is InChI=1S/C26H30NO12PS/c1-37-22-12-8-18(25-20(22)4-2-5-23(25)38-14-3-15-39-40(32,33)34)16-17-6-9-19(10-7-17)41(35,36)27-21(26(30)31)11-13-24(28)29/h2,4-10,12,21,27H,3,11,13-16H2,1H3,(H,28,29)(H,30,31)(H2,32,33,34). The van der Waals surface area contributed by atoms with Gasteiger partial charge in [-0.1, -0.05) is 30.3 Å². The van der Waals surface area contributed by atoms with Crippen LogP contribution in [0.2, 0.25) is 0 Å². The lowest BCUT2D eigenvalue weighted by molar-refractivity contribution is -0.140. The molecule has 0 heterocycles. The monoisotopic (exact) mass is 611 g/mol. The van der Waals surface area contributed by atoms with Gasteiger partial charge in [0.05, 0.1) is 25.2 Å². The van der Waals surface area contributed by atoms with E-state index in [1.807, 2.05) is 16.9 Å². The number of carboxylic acid groups (broad SMARTS) is 2. The highest BCUT2D eigenvalue weighted by Gasteiger charge is 2.26. The molecule has 0 saturated heterocycles. The molecule has 0 fully saturated rings. The number of hydrogen-bond donors (Lipinski definition) is 5. The molecule has 0 amide bonds. The first-order valence-electron chi connectivity index (χ1n) is 12.3. The number of carbonyl (C=O) groups is 2. The predicted molar refractivity (Wildman–Crippen MR) is 146 cm³/mol. The Kier molecular flexibility index (Phi) is 10.8. The van der Waals surface area contributed by atoms with E-state index in [2.05, 4.69) is 4.52 Å². The van der Waals surface area contributed by atoms with Gasteiger partial charge in [0.1, 0.15) is 17.5 Å². The van der Waals surface area contributed by atoms with Gasteiger partial charge in [0, 0.05) is 23.6 Å². The van der Waals surface area contributed by atoms with Crippen LogP contribution in [0, 0.1) is 0 Å². The van der Waals surface area contributed by atoms with Crippen LogP contribution in [0.3, 0.4) is 0 Å². The van der Waals surface area contributed by atoms with Crippen molar-refractivity contribution in [3.63, 3.8) is 0 Å². The van der Waals surface area contributed by atoms with E-state index in [4.69, 9.17) is 24.4 Å². The maximum atomic E-state index is 12.7. The van der Waals surface area contributed by atoms with Gasteiger partial charge in [0.15, 0.2) is 0 Å². The van der Waals surface area contributed by atoms with Crippen LogP contribution < -0.4 is 14.2 Å². The van der Waals surface area contributed by atoms with Gasteiger partial charge in [0.25, 0.3) is 0 Å². The second-order valence-electron chi connectivity index (χ2n) is 8.90. The second-order valence-corrected chi connectivity index (χ2v) is 11.9. The van der Waals surface area contributed by atoms with Gasteiger partial charge < -0.3 is 29.5 Å². The number of ether oxygens (including phenoxy) is 2. The molecule has 0 aliphatic heterocycles. The van der Waals surface area contributed by atoms with E-state index in [1.165, 1.54) is 19.2 Å². The Balaban J connectivity index is 1.82. The van der Waals surface area contributed by atoms with E-state index in [0.29, 0.717) is 17.9 Å². The number of carboxylic acids is 2. The van der Waals surface area contributed by atoms with Crippen LogP contribution in [-0.4, -0.2) is 66.7 Å². The van der Waals surface area contributed by atoms with E-state index < -0.39 is 48.7 Å². The van der Waals surface area contributed by atoms with Gasteiger partial charge in [-0.2, -0.15) is 4.72 Å². The molecule has 15 heteroatoms. The van der Waals surface area contributed by atoms with Crippen LogP contribution in [0.25, 0.3) is 10.8 Å². The lowest BCUT2D eigenvalue weighted by atomic mass is 9.97. The van der Waals surface area contributed by atoms with Gasteiger partial charge >= 0.3 is 19.8 Å². The van der Waals surface area contributed by atoms with Gasteiger partial charge in [-0.15, -0.1) is 0 Å². The molecule has 13 nitrogen and oxygen atoms in total. The van der Waals surface area contributed by atoms with E-state index >= 15 is 0 Å². The summed E-state index contributed by atoms with van der Waals surface area (Å²) < 4.78 is 54.2. The zero-order chi connectivity index (χ0) is 30.2. The summed E-state index contributed by atoms with van der Waals surface area (Å²) in [5.41, 5.74) is 1.57. The number of aliphatic carboxylic acids is 2. The number of phosphoric ester groups is 1. The normalized spacial score (nSPS) is 12.7. The van der Waals surface area contributed by atoms with Crippen LogP contribution in [-0.2, 0) is 35.1 Å². The summed E-state index contributed by atoms with van der Waals surface area (Å²) in [7, 11) is -7.27. The zero-order valence-electron chi connectivity index (χ0n) is 21.9. The Hall–Kier alpha value is -3.52. The molecule has 0 aromatic heterocycles. The topological polar surface area (TPSA) is 206 Å². The molecule has 5 N–H and O–H groups in total. The zero-order valence-corrected chi connectivity index (χ0v) is 23.6. The summed E-state index contributed by atoms with van der Waals surface area (Å²) >= 11 is 0. The van der Waals surface area contributed by atoms with Gasteiger partial charge in [-0.05, 0) is 48.2 Å². The maximum Gasteiger partial charge on any atom is 0.469 e. The van der Waals surface area contributed by atoms with Crippen LogP contribution >= 0.6 is 7.82 Å².